The van der Waals surface area contributed by atoms with Gasteiger partial charge in [0.1, 0.15) is 5.69 Å². The lowest BCUT2D eigenvalue weighted by molar-refractivity contribution is 0.103. The maximum absolute atomic E-state index is 13.4. The SMILES string of the molecule is C[C@@H](c1cccc(-c2ncc(OCC3CCNCC3)cn2)c1)n1c2c(ccc1=O)-c1cc(C#N)ccc1C2=O. The Morgan fingerprint density at radius 1 is 1.03 bits per heavy atom. The first kappa shape index (κ1) is 24.7. The molecule has 1 atom stereocenters. The van der Waals surface area contributed by atoms with E-state index in [1.54, 1.807) is 41.2 Å². The van der Waals surface area contributed by atoms with Crippen LogP contribution >= 0.6 is 0 Å². The third kappa shape index (κ3) is 4.62. The summed E-state index contributed by atoms with van der Waals surface area (Å²) in [7, 11) is 0. The number of carbonyl (C=O) groups is 1. The van der Waals surface area contributed by atoms with Crippen LogP contribution in [0.2, 0.25) is 0 Å². The van der Waals surface area contributed by atoms with Crippen molar-refractivity contribution in [3.05, 3.63) is 99.7 Å². The number of nitrogens with zero attached hydrogens (tertiary/aromatic N) is 4. The van der Waals surface area contributed by atoms with Gasteiger partial charge in [-0.15, -0.1) is 0 Å². The van der Waals surface area contributed by atoms with Crippen molar-refractivity contribution in [2.75, 3.05) is 19.7 Å². The number of rotatable bonds is 6. The zero-order chi connectivity index (χ0) is 26.9. The highest BCUT2D eigenvalue weighted by Crippen LogP contribution is 2.38. The van der Waals surface area contributed by atoms with E-state index in [-0.39, 0.29) is 11.3 Å². The summed E-state index contributed by atoms with van der Waals surface area (Å²) in [6.07, 6.45) is 5.60. The van der Waals surface area contributed by atoms with Crippen molar-refractivity contribution in [2.24, 2.45) is 5.92 Å². The smallest absolute Gasteiger partial charge is 0.251 e. The molecule has 39 heavy (non-hydrogen) atoms. The second-order valence-electron chi connectivity index (χ2n) is 10.1. The molecule has 0 radical (unpaired) electrons. The van der Waals surface area contributed by atoms with Crippen LogP contribution in [-0.2, 0) is 0 Å². The van der Waals surface area contributed by atoms with E-state index in [0.29, 0.717) is 52.0 Å². The first-order valence-corrected chi connectivity index (χ1v) is 13.1. The highest BCUT2D eigenvalue weighted by Gasteiger charge is 2.32. The van der Waals surface area contributed by atoms with Crippen molar-refractivity contribution in [3.8, 4) is 34.3 Å². The Labute approximate surface area is 225 Å². The fraction of sp³-hybridized carbons (Fsp3) is 0.258. The highest BCUT2D eigenvalue weighted by atomic mass is 16.5. The second kappa shape index (κ2) is 10.3. The monoisotopic (exact) mass is 517 g/mol. The fourth-order valence-electron chi connectivity index (χ4n) is 5.44. The van der Waals surface area contributed by atoms with E-state index in [4.69, 9.17) is 4.74 Å². The van der Waals surface area contributed by atoms with Crippen LogP contribution in [0.1, 0.15) is 53.0 Å². The Bertz CT molecular complexity index is 1660. The fourth-order valence-corrected chi connectivity index (χ4v) is 5.44. The van der Waals surface area contributed by atoms with E-state index >= 15 is 0 Å². The van der Waals surface area contributed by atoms with Gasteiger partial charge in [-0.3, -0.25) is 14.2 Å². The normalized spacial score (nSPS) is 15.3. The first-order chi connectivity index (χ1) is 19.0. The highest BCUT2D eigenvalue weighted by molar-refractivity contribution is 6.20. The van der Waals surface area contributed by atoms with Crippen molar-refractivity contribution in [3.63, 3.8) is 0 Å². The molecule has 2 aromatic heterocycles. The molecule has 6 rings (SSSR count). The Kier molecular flexibility index (Phi) is 6.51. The van der Waals surface area contributed by atoms with Crippen LogP contribution < -0.4 is 15.6 Å². The van der Waals surface area contributed by atoms with Crippen LogP contribution in [0.15, 0.2) is 71.8 Å². The molecule has 194 valence electrons. The van der Waals surface area contributed by atoms with E-state index in [1.807, 2.05) is 31.2 Å². The minimum Gasteiger partial charge on any atom is -0.490 e. The number of benzene rings is 2. The van der Waals surface area contributed by atoms with Crippen LogP contribution in [0.25, 0.3) is 22.5 Å². The van der Waals surface area contributed by atoms with E-state index < -0.39 is 6.04 Å². The van der Waals surface area contributed by atoms with Gasteiger partial charge in [-0.2, -0.15) is 5.26 Å². The van der Waals surface area contributed by atoms with Gasteiger partial charge in [0.25, 0.3) is 5.56 Å². The number of pyridine rings is 1. The molecule has 2 aromatic carbocycles. The molecular formula is C31H27N5O3. The predicted octanol–water partition coefficient (Wildman–Crippen LogP) is 4.38. The molecule has 1 aliphatic heterocycles. The summed E-state index contributed by atoms with van der Waals surface area (Å²) in [4.78, 5) is 35.5. The predicted molar refractivity (Wildman–Crippen MR) is 147 cm³/mol. The molecule has 0 bridgehead atoms. The zero-order valence-electron chi connectivity index (χ0n) is 21.6. The summed E-state index contributed by atoms with van der Waals surface area (Å²) < 4.78 is 7.47. The van der Waals surface area contributed by atoms with Gasteiger partial charge >= 0.3 is 0 Å². The van der Waals surface area contributed by atoms with Crippen LogP contribution in [0, 0.1) is 17.2 Å². The van der Waals surface area contributed by atoms with Crippen molar-refractivity contribution >= 4 is 5.78 Å². The number of nitriles is 1. The molecule has 4 aromatic rings. The molecule has 1 fully saturated rings. The molecule has 8 heteroatoms. The summed E-state index contributed by atoms with van der Waals surface area (Å²) in [6, 6.07) is 17.5. The van der Waals surface area contributed by atoms with Crippen LogP contribution in [-0.4, -0.2) is 40.0 Å². The van der Waals surface area contributed by atoms with Crippen LogP contribution in [0.3, 0.4) is 0 Å². The molecule has 0 saturated carbocycles. The number of piperidine rings is 1. The third-order valence-electron chi connectivity index (χ3n) is 7.61. The molecule has 8 nitrogen and oxygen atoms in total. The van der Waals surface area contributed by atoms with Crippen LogP contribution in [0.4, 0.5) is 0 Å². The molecular weight excluding hydrogens is 490 g/mol. The summed E-state index contributed by atoms with van der Waals surface area (Å²) in [5.74, 6) is 1.52. The topological polar surface area (TPSA) is 110 Å². The summed E-state index contributed by atoms with van der Waals surface area (Å²) in [5, 5.41) is 12.7. The van der Waals surface area contributed by atoms with E-state index in [9.17, 15) is 14.9 Å². The Morgan fingerprint density at radius 3 is 2.56 bits per heavy atom. The summed E-state index contributed by atoms with van der Waals surface area (Å²) in [6.45, 7) is 4.61. The molecule has 1 saturated heterocycles. The van der Waals surface area contributed by atoms with Crippen molar-refractivity contribution in [2.45, 2.75) is 25.8 Å². The largest absolute Gasteiger partial charge is 0.490 e. The molecule has 0 amide bonds. The Balaban J connectivity index is 1.27. The Morgan fingerprint density at radius 2 is 1.79 bits per heavy atom. The lowest BCUT2D eigenvalue weighted by atomic mass is 9.99. The first-order valence-electron chi connectivity index (χ1n) is 13.1. The van der Waals surface area contributed by atoms with Gasteiger partial charge in [0.2, 0.25) is 5.78 Å². The van der Waals surface area contributed by atoms with Crippen molar-refractivity contribution in [1.29, 1.82) is 5.26 Å². The molecule has 0 unspecified atom stereocenters. The van der Waals surface area contributed by atoms with Gasteiger partial charge < -0.3 is 10.1 Å². The molecule has 1 N–H and O–H groups in total. The molecule has 2 aliphatic rings. The number of aromatic nitrogens is 3. The zero-order valence-corrected chi connectivity index (χ0v) is 21.6. The summed E-state index contributed by atoms with van der Waals surface area (Å²) in [5.41, 5.74) is 4.04. The minimum atomic E-state index is -0.423. The van der Waals surface area contributed by atoms with E-state index in [0.717, 1.165) is 37.1 Å². The van der Waals surface area contributed by atoms with Crippen molar-refractivity contribution < 1.29 is 9.53 Å². The molecule has 1 aliphatic carbocycles. The van der Waals surface area contributed by atoms with Crippen LogP contribution in [0.5, 0.6) is 5.75 Å². The Hall–Kier alpha value is -4.61. The van der Waals surface area contributed by atoms with Gasteiger partial charge in [-0.05, 0) is 80.2 Å². The maximum Gasteiger partial charge on any atom is 0.251 e. The number of hydrogen-bond acceptors (Lipinski definition) is 7. The number of ether oxygens (including phenoxy) is 1. The van der Waals surface area contributed by atoms with E-state index in [1.165, 1.54) is 6.07 Å². The summed E-state index contributed by atoms with van der Waals surface area (Å²) >= 11 is 0. The molecule has 3 heterocycles. The lowest BCUT2D eigenvalue weighted by Gasteiger charge is -2.22. The number of ketones is 1. The minimum absolute atomic E-state index is 0.214. The van der Waals surface area contributed by atoms with Gasteiger partial charge in [-0.25, -0.2) is 9.97 Å². The number of carbonyl (C=O) groups excluding carboxylic acids is 1. The number of hydrogen-bond donors (Lipinski definition) is 1. The average Bonchev–Trinajstić information content (AvgIpc) is 3.27. The quantitative estimate of drug-likeness (QED) is 0.356. The number of fused-ring (bicyclic) bond motifs is 3. The maximum atomic E-state index is 13.4. The lowest BCUT2D eigenvalue weighted by Crippen LogP contribution is -2.30. The van der Waals surface area contributed by atoms with E-state index in [2.05, 4.69) is 21.4 Å². The standard InChI is InChI=1S/C31H27N5O3/c1-19(36-28(37)8-7-25-27-13-21(15-32)5-6-26(27)30(38)29(25)36)22-3-2-4-23(14-22)31-34-16-24(17-35-31)39-18-20-9-11-33-12-10-20/h2-8,13-14,16-17,19-20,33H,9-12,18H2,1H3/t19-/m0/s1. The van der Waals surface area contributed by atoms with Gasteiger partial charge in [-0.1, -0.05) is 18.2 Å². The average molecular weight is 518 g/mol. The molecule has 0 spiro atoms. The van der Waals surface area contributed by atoms with Crippen molar-refractivity contribution in [1.82, 2.24) is 19.9 Å². The van der Waals surface area contributed by atoms with Gasteiger partial charge in [0.15, 0.2) is 11.6 Å². The third-order valence-corrected chi connectivity index (χ3v) is 7.61. The number of nitrogens with one attached hydrogen (secondary N) is 1. The van der Waals surface area contributed by atoms with Gasteiger partial charge in [0, 0.05) is 22.8 Å². The van der Waals surface area contributed by atoms with Gasteiger partial charge in [0.05, 0.1) is 36.7 Å². The second-order valence-corrected chi connectivity index (χ2v) is 10.1.